The second kappa shape index (κ2) is 8.47. The fourth-order valence-corrected chi connectivity index (χ4v) is 3.99. The molecule has 1 aliphatic heterocycles. The van der Waals surface area contributed by atoms with E-state index in [2.05, 4.69) is 29.4 Å². The van der Waals surface area contributed by atoms with Gasteiger partial charge in [-0.2, -0.15) is 0 Å². The molecule has 0 spiro atoms. The smallest absolute Gasteiger partial charge is 0.220 e. The number of carbonyl (C=O) groups excluding carboxylic acids is 1. The Labute approximate surface area is 159 Å². The van der Waals surface area contributed by atoms with E-state index in [4.69, 9.17) is 10.5 Å². The van der Waals surface area contributed by atoms with Crippen LogP contribution in [0.25, 0.3) is 0 Å². The maximum atomic E-state index is 11.5. The summed E-state index contributed by atoms with van der Waals surface area (Å²) in [4.78, 5) is 12.9. The van der Waals surface area contributed by atoms with Crippen molar-refractivity contribution in [3.63, 3.8) is 0 Å². The lowest BCUT2D eigenvalue weighted by Crippen LogP contribution is -3.14. The molecule has 1 atom stereocenters. The summed E-state index contributed by atoms with van der Waals surface area (Å²) >= 11 is 0. The van der Waals surface area contributed by atoms with Crippen LogP contribution >= 0.6 is 0 Å². The molecule has 1 amide bonds. The molecule has 8 nitrogen and oxygen atoms in total. The van der Waals surface area contributed by atoms with E-state index in [1.807, 2.05) is 28.9 Å². The van der Waals surface area contributed by atoms with Gasteiger partial charge in [0.05, 0.1) is 26.7 Å². The Morgan fingerprint density at radius 2 is 1.96 bits per heavy atom. The minimum Gasteiger partial charge on any atom is -0.497 e. The number of likely N-dealkylation sites (tertiary alicyclic amines) is 1. The number of methoxy groups -OCH3 is 1. The molecule has 0 saturated carbocycles. The molecule has 8 heteroatoms. The molecule has 0 radical (unpaired) electrons. The highest BCUT2D eigenvalue weighted by Crippen LogP contribution is 2.20. The summed E-state index contributed by atoms with van der Waals surface area (Å²) in [6.07, 6.45) is 1.65. The van der Waals surface area contributed by atoms with Gasteiger partial charge in [0.1, 0.15) is 5.75 Å². The Balaban J connectivity index is 1.77. The van der Waals surface area contributed by atoms with E-state index in [-0.39, 0.29) is 17.9 Å². The Morgan fingerprint density at radius 1 is 1.30 bits per heavy atom. The molecule has 2 aromatic rings. The quantitative estimate of drug-likeness (QED) is 0.722. The van der Waals surface area contributed by atoms with Crippen LogP contribution in [0.5, 0.6) is 5.75 Å². The van der Waals surface area contributed by atoms with Crippen molar-refractivity contribution in [3.8, 4) is 5.75 Å². The predicted octanol–water partition coefficient (Wildman–Crippen LogP) is 0.207. The molecule has 0 bridgehead atoms. The van der Waals surface area contributed by atoms with Crippen molar-refractivity contribution in [1.29, 1.82) is 0 Å². The highest BCUT2D eigenvalue weighted by atomic mass is 16.5. The van der Waals surface area contributed by atoms with E-state index in [1.165, 1.54) is 4.90 Å². The molecule has 1 aliphatic rings. The van der Waals surface area contributed by atoms with Crippen molar-refractivity contribution in [1.82, 2.24) is 20.2 Å². The summed E-state index contributed by atoms with van der Waals surface area (Å²) < 4.78 is 7.11. The molecule has 3 rings (SSSR count). The third-order valence-electron chi connectivity index (χ3n) is 5.47. The van der Waals surface area contributed by atoms with Gasteiger partial charge in [0.2, 0.25) is 11.7 Å². The number of hydrogen-bond acceptors (Lipinski definition) is 5. The minimum absolute atomic E-state index is 0.00291. The number of benzene rings is 1. The van der Waals surface area contributed by atoms with Gasteiger partial charge in [-0.15, -0.1) is 5.10 Å². The predicted molar refractivity (Wildman–Crippen MR) is 100 cm³/mol. The van der Waals surface area contributed by atoms with Gasteiger partial charge in [0.25, 0.3) is 0 Å². The van der Waals surface area contributed by atoms with Crippen molar-refractivity contribution in [3.05, 3.63) is 35.7 Å². The first-order valence-electron chi connectivity index (χ1n) is 9.52. The number of amides is 1. The third-order valence-corrected chi connectivity index (χ3v) is 5.47. The van der Waals surface area contributed by atoms with Gasteiger partial charge in [0.15, 0.2) is 6.04 Å². The number of piperidine rings is 1. The highest BCUT2D eigenvalue weighted by Gasteiger charge is 2.36. The number of rotatable bonds is 7. The SMILES string of the molecule is COc1ccc(Cn2nnnc2[C@H](C(C)C)[NH+]2CCC(C(N)=O)CC2)cc1. The second-order valence-electron chi connectivity index (χ2n) is 7.60. The number of nitrogens with zero attached hydrogens (tertiary/aromatic N) is 4. The Kier molecular flexibility index (Phi) is 6.05. The number of ether oxygens (including phenoxy) is 1. The molecule has 3 N–H and O–H groups in total. The summed E-state index contributed by atoms with van der Waals surface area (Å²) in [5, 5.41) is 12.5. The number of primary amides is 1. The van der Waals surface area contributed by atoms with Gasteiger partial charge in [-0.1, -0.05) is 26.0 Å². The zero-order valence-electron chi connectivity index (χ0n) is 16.3. The largest absolute Gasteiger partial charge is 0.497 e. The van der Waals surface area contributed by atoms with Crippen molar-refractivity contribution >= 4 is 5.91 Å². The third kappa shape index (κ3) is 4.44. The van der Waals surface area contributed by atoms with Crippen LogP contribution in [0.15, 0.2) is 24.3 Å². The topological polar surface area (TPSA) is 100 Å². The Morgan fingerprint density at radius 3 is 2.52 bits per heavy atom. The first-order valence-corrected chi connectivity index (χ1v) is 9.52. The summed E-state index contributed by atoms with van der Waals surface area (Å²) in [6, 6.07) is 8.13. The average molecular weight is 373 g/mol. The van der Waals surface area contributed by atoms with Gasteiger partial charge in [-0.25, -0.2) is 4.68 Å². The second-order valence-corrected chi connectivity index (χ2v) is 7.60. The van der Waals surface area contributed by atoms with Gasteiger partial charge in [0, 0.05) is 24.7 Å². The molecule has 1 aromatic carbocycles. The van der Waals surface area contributed by atoms with Crippen LogP contribution in [0.4, 0.5) is 0 Å². The number of aromatic nitrogens is 4. The molecule has 0 aliphatic carbocycles. The van der Waals surface area contributed by atoms with E-state index in [0.29, 0.717) is 12.5 Å². The highest BCUT2D eigenvalue weighted by molar-refractivity contribution is 5.76. The maximum Gasteiger partial charge on any atom is 0.220 e. The minimum atomic E-state index is -0.181. The zero-order chi connectivity index (χ0) is 19.4. The van der Waals surface area contributed by atoms with E-state index >= 15 is 0 Å². The van der Waals surface area contributed by atoms with Crippen LogP contribution in [0, 0.1) is 11.8 Å². The fraction of sp³-hybridized carbons (Fsp3) is 0.579. The monoisotopic (exact) mass is 373 g/mol. The number of nitrogens with one attached hydrogen (secondary N) is 1. The van der Waals surface area contributed by atoms with Crippen molar-refractivity contribution in [2.24, 2.45) is 17.6 Å². The zero-order valence-corrected chi connectivity index (χ0v) is 16.3. The van der Waals surface area contributed by atoms with Crippen LogP contribution in [0.1, 0.15) is 44.1 Å². The maximum absolute atomic E-state index is 11.5. The van der Waals surface area contributed by atoms with Crippen molar-refractivity contribution < 1.29 is 14.4 Å². The first-order chi connectivity index (χ1) is 13.0. The molecule has 1 aromatic heterocycles. The van der Waals surface area contributed by atoms with E-state index in [9.17, 15) is 4.79 Å². The van der Waals surface area contributed by atoms with Gasteiger partial charge in [-0.3, -0.25) is 4.79 Å². The van der Waals surface area contributed by atoms with Crippen LogP contribution in [0.3, 0.4) is 0 Å². The summed E-state index contributed by atoms with van der Waals surface area (Å²) in [7, 11) is 1.66. The summed E-state index contributed by atoms with van der Waals surface area (Å²) in [6.45, 7) is 6.83. The molecule has 2 heterocycles. The number of carbonyl (C=O) groups is 1. The molecular weight excluding hydrogens is 344 g/mol. The van der Waals surface area contributed by atoms with Gasteiger partial charge < -0.3 is 15.4 Å². The van der Waals surface area contributed by atoms with Crippen LogP contribution in [-0.4, -0.2) is 46.3 Å². The van der Waals surface area contributed by atoms with Crippen LogP contribution < -0.4 is 15.4 Å². The Hall–Kier alpha value is -2.48. The molecular formula is C19H29N6O2+. The van der Waals surface area contributed by atoms with Crippen LogP contribution in [-0.2, 0) is 11.3 Å². The molecule has 0 unspecified atom stereocenters. The number of hydrogen-bond donors (Lipinski definition) is 2. The standard InChI is InChI=1S/C19H28N6O2/c1-13(2)17(24-10-8-15(9-11-24)18(20)26)19-21-22-23-25(19)12-14-4-6-16(27-3)7-5-14/h4-7,13,15,17H,8-12H2,1-3H3,(H2,20,26)/p+1/t17-/m0/s1. The molecule has 27 heavy (non-hydrogen) atoms. The van der Waals surface area contributed by atoms with Crippen molar-refractivity contribution in [2.45, 2.75) is 39.3 Å². The Bertz CT molecular complexity index is 750. The van der Waals surface area contributed by atoms with Gasteiger partial charge in [-0.05, 0) is 28.1 Å². The lowest BCUT2D eigenvalue weighted by atomic mass is 9.92. The van der Waals surface area contributed by atoms with E-state index in [0.717, 1.165) is 43.1 Å². The normalized spacial score (nSPS) is 21.2. The fourth-order valence-electron chi connectivity index (χ4n) is 3.99. The first kappa shape index (κ1) is 19.3. The van der Waals surface area contributed by atoms with Gasteiger partial charge >= 0.3 is 0 Å². The summed E-state index contributed by atoms with van der Waals surface area (Å²) in [5.74, 6) is 1.92. The lowest BCUT2D eigenvalue weighted by Gasteiger charge is -2.35. The van der Waals surface area contributed by atoms with Crippen LogP contribution in [0.2, 0.25) is 0 Å². The van der Waals surface area contributed by atoms with Crippen molar-refractivity contribution in [2.75, 3.05) is 20.2 Å². The number of nitrogens with two attached hydrogens (primary N) is 1. The molecule has 1 fully saturated rings. The lowest BCUT2D eigenvalue weighted by molar-refractivity contribution is -0.941. The van der Waals surface area contributed by atoms with E-state index in [1.54, 1.807) is 7.11 Å². The molecule has 146 valence electrons. The molecule has 1 saturated heterocycles. The van der Waals surface area contributed by atoms with E-state index < -0.39 is 0 Å². The summed E-state index contributed by atoms with van der Waals surface area (Å²) in [5.41, 5.74) is 6.60. The average Bonchev–Trinajstić information content (AvgIpc) is 3.10. The number of tetrazole rings is 1. The number of quaternary nitrogens is 1.